The average molecular weight is 375 g/mol. The SMILES string of the molecule is O=C(NNc1ccc(Cl)cc1F)C(=O)NNc1ccc(Cl)cc1F. The quantitative estimate of drug-likeness (QED) is 0.489. The van der Waals surface area contributed by atoms with Crippen LogP contribution in [-0.4, -0.2) is 11.8 Å². The molecular weight excluding hydrogens is 365 g/mol. The predicted octanol–water partition coefficient (Wildman–Crippen LogP) is 2.86. The van der Waals surface area contributed by atoms with E-state index in [-0.39, 0.29) is 21.4 Å². The van der Waals surface area contributed by atoms with Crippen LogP contribution >= 0.6 is 23.2 Å². The van der Waals surface area contributed by atoms with E-state index in [2.05, 4.69) is 10.9 Å². The number of amides is 2. The first-order chi connectivity index (χ1) is 11.4. The molecule has 10 heteroatoms. The maximum absolute atomic E-state index is 13.5. The standard InChI is InChI=1S/C14H10Cl2F2N4O2/c15-7-1-3-11(9(17)5-7)19-21-13(23)14(24)22-20-12-4-2-8(16)6-10(12)18/h1-6,19-20H,(H,21,23)(H,22,24). The molecule has 4 N–H and O–H groups in total. The third kappa shape index (κ3) is 4.71. The Kier molecular flexibility index (Phi) is 5.78. The number of carbonyl (C=O) groups excluding carboxylic acids is 2. The summed E-state index contributed by atoms with van der Waals surface area (Å²) in [7, 11) is 0. The number of hydrazine groups is 2. The highest BCUT2D eigenvalue weighted by atomic mass is 35.5. The number of halogens is 4. The van der Waals surface area contributed by atoms with Crippen molar-refractivity contribution in [3.63, 3.8) is 0 Å². The van der Waals surface area contributed by atoms with E-state index in [1.807, 2.05) is 10.9 Å². The fraction of sp³-hybridized carbons (Fsp3) is 0. The van der Waals surface area contributed by atoms with Gasteiger partial charge in [0.1, 0.15) is 11.6 Å². The summed E-state index contributed by atoms with van der Waals surface area (Å²) in [5.41, 5.74) is 8.24. The third-order valence-electron chi connectivity index (χ3n) is 2.69. The summed E-state index contributed by atoms with van der Waals surface area (Å²) in [6.07, 6.45) is 0. The lowest BCUT2D eigenvalue weighted by Gasteiger charge is -2.11. The Hall–Kier alpha value is -2.58. The van der Waals surface area contributed by atoms with Crippen LogP contribution in [0.15, 0.2) is 36.4 Å². The van der Waals surface area contributed by atoms with Crippen molar-refractivity contribution in [3.05, 3.63) is 58.1 Å². The highest BCUT2D eigenvalue weighted by molar-refractivity contribution is 6.35. The molecule has 0 saturated heterocycles. The smallest absolute Gasteiger partial charge is 0.295 e. The monoisotopic (exact) mass is 374 g/mol. The largest absolute Gasteiger partial charge is 0.329 e. The molecule has 126 valence electrons. The molecule has 0 bridgehead atoms. The molecule has 0 fully saturated rings. The van der Waals surface area contributed by atoms with Gasteiger partial charge in [-0.2, -0.15) is 0 Å². The molecule has 0 aliphatic heterocycles. The van der Waals surface area contributed by atoms with Crippen LogP contribution in [0, 0.1) is 11.6 Å². The van der Waals surface area contributed by atoms with Crippen LogP contribution in [-0.2, 0) is 9.59 Å². The zero-order valence-electron chi connectivity index (χ0n) is 11.8. The summed E-state index contributed by atoms with van der Waals surface area (Å²) in [6, 6.07) is 7.39. The molecule has 2 amide bonds. The van der Waals surface area contributed by atoms with E-state index in [1.165, 1.54) is 24.3 Å². The van der Waals surface area contributed by atoms with Crippen molar-refractivity contribution in [2.75, 3.05) is 10.9 Å². The molecule has 0 aliphatic rings. The summed E-state index contributed by atoms with van der Waals surface area (Å²) < 4.78 is 27.0. The van der Waals surface area contributed by atoms with Crippen LogP contribution in [0.5, 0.6) is 0 Å². The van der Waals surface area contributed by atoms with Gasteiger partial charge in [0, 0.05) is 10.0 Å². The van der Waals surface area contributed by atoms with Gasteiger partial charge >= 0.3 is 11.8 Å². The van der Waals surface area contributed by atoms with Crippen molar-refractivity contribution in [1.29, 1.82) is 0 Å². The van der Waals surface area contributed by atoms with Crippen molar-refractivity contribution in [2.45, 2.75) is 0 Å². The maximum atomic E-state index is 13.5. The normalized spacial score (nSPS) is 10.0. The first-order valence-electron chi connectivity index (χ1n) is 6.39. The van der Waals surface area contributed by atoms with E-state index < -0.39 is 23.4 Å². The Labute approximate surface area is 145 Å². The van der Waals surface area contributed by atoms with E-state index in [0.29, 0.717) is 0 Å². The number of hydrogen-bond acceptors (Lipinski definition) is 4. The number of anilines is 2. The number of carbonyl (C=O) groups is 2. The predicted molar refractivity (Wildman–Crippen MR) is 86.4 cm³/mol. The molecule has 2 aromatic carbocycles. The first kappa shape index (κ1) is 17.8. The number of nitrogens with one attached hydrogen (secondary N) is 4. The maximum Gasteiger partial charge on any atom is 0.329 e. The zero-order valence-corrected chi connectivity index (χ0v) is 13.3. The van der Waals surface area contributed by atoms with Crippen LogP contribution in [0.2, 0.25) is 10.0 Å². The third-order valence-corrected chi connectivity index (χ3v) is 3.16. The molecule has 0 unspecified atom stereocenters. The van der Waals surface area contributed by atoms with Crippen LogP contribution in [0.3, 0.4) is 0 Å². The van der Waals surface area contributed by atoms with E-state index in [9.17, 15) is 18.4 Å². The molecule has 0 atom stereocenters. The van der Waals surface area contributed by atoms with Gasteiger partial charge in [0.2, 0.25) is 0 Å². The van der Waals surface area contributed by atoms with E-state index in [4.69, 9.17) is 23.2 Å². The Balaban J connectivity index is 1.87. The van der Waals surface area contributed by atoms with Gasteiger partial charge in [-0.3, -0.25) is 31.3 Å². The molecule has 0 heterocycles. The number of benzene rings is 2. The van der Waals surface area contributed by atoms with Gasteiger partial charge in [0.15, 0.2) is 0 Å². The van der Waals surface area contributed by atoms with Crippen molar-refractivity contribution < 1.29 is 18.4 Å². The van der Waals surface area contributed by atoms with Crippen LogP contribution < -0.4 is 21.7 Å². The topological polar surface area (TPSA) is 82.3 Å². The average Bonchev–Trinajstić information content (AvgIpc) is 2.52. The van der Waals surface area contributed by atoms with Crippen LogP contribution in [0.25, 0.3) is 0 Å². The second kappa shape index (κ2) is 7.80. The lowest BCUT2D eigenvalue weighted by Crippen LogP contribution is -2.44. The van der Waals surface area contributed by atoms with Crippen LogP contribution in [0.1, 0.15) is 0 Å². The lowest BCUT2D eigenvalue weighted by atomic mass is 10.3. The summed E-state index contributed by atoms with van der Waals surface area (Å²) in [4.78, 5) is 23.1. The molecule has 2 rings (SSSR count). The summed E-state index contributed by atoms with van der Waals surface area (Å²) in [6.45, 7) is 0. The number of hydrogen-bond donors (Lipinski definition) is 4. The minimum absolute atomic E-state index is 0.0859. The second-order valence-electron chi connectivity index (χ2n) is 4.41. The fourth-order valence-corrected chi connectivity index (χ4v) is 1.86. The summed E-state index contributed by atoms with van der Waals surface area (Å²) >= 11 is 11.2. The fourth-order valence-electron chi connectivity index (χ4n) is 1.54. The van der Waals surface area contributed by atoms with Gasteiger partial charge in [0.05, 0.1) is 11.4 Å². The van der Waals surface area contributed by atoms with Gasteiger partial charge in [-0.1, -0.05) is 23.2 Å². The molecule has 0 spiro atoms. The van der Waals surface area contributed by atoms with Crippen molar-refractivity contribution in [3.8, 4) is 0 Å². The Morgan fingerprint density at radius 3 is 1.46 bits per heavy atom. The molecule has 6 nitrogen and oxygen atoms in total. The second-order valence-corrected chi connectivity index (χ2v) is 5.28. The minimum Gasteiger partial charge on any atom is -0.295 e. The van der Waals surface area contributed by atoms with Crippen molar-refractivity contribution >= 4 is 46.4 Å². The Bertz CT molecular complexity index is 724. The summed E-state index contributed by atoms with van der Waals surface area (Å²) in [5, 5.41) is 0.354. The van der Waals surface area contributed by atoms with Gasteiger partial charge in [-0.15, -0.1) is 0 Å². The molecule has 0 radical (unpaired) electrons. The van der Waals surface area contributed by atoms with E-state index in [1.54, 1.807) is 0 Å². The number of rotatable bonds is 4. The minimum atomic E-state index is -1.13. The van der Waals surface area contributed by atoms with Gasteiger partial charge in [-0.05, 0) is 36.4 Å². The summed E-state index contributed by atoms with van der Waals surface area (Å²) in [5.74, 6) is -3.70. The van der Waals surface area contributed by atoms with Gasteiger partial charge in [0.25, 0.3) is 0 Å². The van der Waals surface area contributed by atoms with E-state index in [0.717, 1.165) is 12.1 Å². The molecular formula is C14H10Cl2F2N4O2. The molecule has 2 aromatic rings. The van der Waals surface area contributed by atoms with E-state index >= 15 is 0 Å². The molecule has 0 aliphatic carbocycles. The highest BCUT2D eigenvalue weighted by Gasteiger charge is 2.14. The lowest BCUT2D eigenvalue weighted by molar-refractivity contribution is -0.138. The zero-order chi connectivity index (χ0) is 17.7. The molecule has 24 heavy (non-hydrogen) atoms. The molecule has 0 saturated carbocycles. The van der Waals surface area contributed by atoms with Crippen molar-refractivity contribution in [2.24, 2.45) is 0 Å². The van der Waals surface area contributed by atoms with Gasteiger partial charge in [-0.25, -0.2) is 8.78 Å². The highest BCUT2D eigenvalue weighted by Crippen LogP contribution is 2.18. The molecule has 0 aromatic heterocycles. The van der Waals surface area contributed by atoms with Crippen molar-refractivity contribution in [1.82, 2.24) is 10.9 Å². The Morgan fingerprint density at radius 1 is 0.750 bits per heavy atom. The Morgan fingerprint density at radius 2 is 1.12 bits per heavy atom. The first-order valence-corrected chi connectivity index (χ1v) is 7.15. The van der Waals surface area contributed by atoms with Crippen LogP contribution in [0.4, 0.5) is 20.2 Å². The van der Waals surface area contributed by atoms with Gasteiger partial charge < -0.3 is 0 Å².